The van der Waals surface area contributed by atoms with Crippen molar-refractivity contribution >= 4 is 34.7 Å². The van der Waals surface area contributed by atoms with Crippen molar-refractivity contribution in [3.63, 3.8) is 0 Å². The molecule has 7 nitrogen and oxygen atoms in total. The maximum Gasteiger partial charge on any atom is 0.275 e. The van der Waals surface area contributed by atoms with Gasteiger partial charge in [0.15, 0.2) is 0 Å². The van der Waals surface area contributed by atoms with E-state index in [0.717, 1.165) is 22.5 Å². The average molecular weight is 375 g/mol. The number of carbonyl (C=O) groups excluding carboxylic acids is 2. The van der Waals surface area contributed by atoms with Gasteiger partial charge >= 0.3 is 0 Å². The largest absolute Gasteiger partial charge is 0.339 e. The number of aryl methyl sites for hydroxylation is 1. The second kappa shape index (κ2) is 8.30. The van der Waals surface area contributed by atoms with Crippen LogP contribution in [0.15, 0.2) is 54.9 Å². The zero-order chi connectivity index (χ0) is 20.1. The van der Waals surface area contributed by atoms with Gasteiger partial charge in [0, 0.05) is 24.0 Å². The van der Waals surface area contributed by atoms with Gasteiger partial charge in [-0.3, -0.25) is 9.59 Å². The first-order valence-corrected chi connectivity index (χ1v) is 8.76. The molecule has 0 bridgehead atoms. The van der Waals surface area contributed by atoms with E-state index in [9.17, 15) is 9.59 Å². The van der Waals surface area contributed by atoms with E-state index in [1.54, 1.807) is 12.1 Å². The summed E-state index contributed by atoms with van der Waals surface area (Å²) in [5.74, 6) is 0.0276. The Morgan fingerprint density at radius 3 is 2.36 bits per heavy atom. The van der Waals surface area contributed by atoms with E-state index in [4.69, 9.17) is 0 Å². The normalized spacial score (nSPS) is 10.2. The van der Waals surface area contributed by atoms with E-state index >= 15 is 0 Å². The molecule has 0 aliphatic rings. The van der Waals surface area contributed by atoms with Crippen LogP contribution < -0.4 is 16.0 Å². The third-order valence-electron chi connectivity index (χ3n) is 4.19. The minimum absolute atomic E-state index is 0.142. The monoisotopic (exact) mass is 375 g/mol. The third-order valence-corrected chi connectivity index (χ3v) is 4.19. The molecule has 0 saturated heterocycles. The number of nitrogens with zero attached hydrogens (tertiary/aromatic N) is 2. The highest BCUT2D eigenvalue weighted by Crippen LogP contribution is 2.20. The fourth-order valence-corrected chi connectivity index (χ4v) is 2.61. The van der Waals surface area contributed by atoms with Gasteiger partial charge in [0.05, 0.1) is 12.4 Å². The number of aromatic nitrogens is 2. The molecule has 0 radical (unpaired) electrons. The van der Waals surface area contributed by atoms with Crippen molar-refractivity contribution in [2.45, 2.75) is 20.8 Å². The number of amides is 2. The molecule has 1 heterocycles. The van der Waals surface area contributed by atoms with Crippen LogP contribution in [0.5, 0.6) is 0 Å². The molecule has 0 unspecified atom stereocenters. The van der Waals surface area contributed by atoms with Crippen LogP contribution >= 0.6 is 0 Å². The van der Waals surface area contributed by atoms with Gasteiger partial charge in [0.25, 0.3) is 5.91 Å². The smallest absolute Gasteiger partial charge is 0.275 e. The molecule has 142 valence electrons. The summed E-state index contributed by atoms with van der Waals surface area (Å²) in [6.45, 7) is 5.40. The predicted molar refractivity (Wildman–Crippen MR) is 110 cm³/mol. The Balaban J connectivity index is 1.69. The van der Waals surface area contributed by atoms with Gasteiger partial charge in [0.2, 0.25) is 5.91 Å². The summed E-state index contributed by atoms with van der Waals surface area (Å²) < 4.78 is 0. The number of benzene rings is 2. The number of nitrogens with one attached hydrogen (secondary N) is 3. The van der Waals surface area contributed by atoms with Crippen LogP contribution in [0, 0.1) is 13.8 Å². The van der Waals surface area contributed by atoms with Crippen molar-refractivity contribution in [3.8, 4) is 0 Å². The van der Waals surface area contributed by atoms with Crippen LogP contribution in [-0.2, 0) is 4.79 Å². The molecule has 2 amide bonds. The van der Waals surface area contributed by atoms with Crippen LogP contribution in [0.4, 0.5) is 22.9 Å². The van der Waals surface area contributed by atoms with Crippen LogP contribution in [0.25, 0.3) is 0 Å². The molecule has 0 aliphatic carbocycles. The first-order chi connectivity index (χ1) is 13.4. The van der Waals surface area contributed by atoms with Crippen molar-refractivity contribution in [3.05, 3.63) is 71.7 Å². The maximum absolute atomic E-state index is 12.4. The summed E-state index contributed by atoms with van der Waals surface area (Å²) in [5, 5.41) is 8.67. The molecule has 0 fully saturated rings. The fourth-order valence-electron chi connectivity index (χ4n) is 2.61. The Labute approximate surface area is 163 Å². The van der Waals surface area contributed by atoms with Crippen molar-refractivity contribution < 1.29 is 9.59 Å². The van der Waals surface area contributed by atoms with E-state index in [1.807, 2.05) is 44.2 Å². The number of rotatable bonds is 5. The van der Waals surface area contributed by atoms with Crippen LogP contribution in [0.3, 0.4) is 0 Å². The number of hydrogen-bond acceptors (Lipinski definition) is 5. The van der Waals surface area contributed by atoms with E-state index in [-0.39, 0.29) is 17.5 Å². The average Bonchev–Trinajstić information content (AvgIpc) is 2.66. The molecule has 0 saturated carbocycles. The Hall–Kier alpha value is -3.74. The minimum Gasteiger partial charge on any atom is -0.339 e. The van der Waals surface area contributed by atoms with Crippen molar-refractivity contribution in [1.82, 2.24) is 9.97 Å². The Morgan fingerprint density at radius 1 is 0.893 bits per heavy atom. The molecule has 3 N–H and O–H groups in total. The van der Waals surface area contributed by atoms with Crippen LogP contribution in [0.1, 0.15) is 28.5 Å². The van der Waals surface area contributed by atoms with Gasteiger partial charge in [-0.1, -0.05) is 18.2 Å². The highest BCUT2D eigenvalue weighted by molar-refractivity contribution is 6.03. The summed E-state index contributed by atoms with van der Waals surface area (Å²) in [6, 6.07) is 13.0. The van der Waals surface area contributed by atoms with Gasteiger partial charge < -0.3 is 16.0 Å². The summed E-state index contributed by atoms with van der Waals surface area (Å²) in [6.07, 6.45) is 2.91. The van der Waals surface area contributed by atoms with Crippen molar-refractivity contribution in [2.24, 2.45) is 0 Å². The molecule has 0 aliphatic heterocycles. The summed E-state index contributed by atoms with van der Waals surface area (Å²) in [7, 11) is 0. The molecular formula is C21H21N5O2. The van der Waals surface area contributed by atoms with E-state index in [0.29, 0.717) is 11.5 Å². The van der Waals surface area contributed by atoms with Gasteiger partial charge in [0.1, 0.15) is 11.5 Å². The topological polar surface area (TPSA) is 96.0 Å². The third kappa shape index (κ3) is 4.70. The zero-order valence-electron chi connectivity index (χ0n) is 15.9. The molecule has 0 spiro atoms. The van der Waals surface area contributed by atoms with Gasteiger partial charge in [-0.25, -0.2) is 9.97 Å². The molecule has 3 rings (SSSR count). The lowest BCUT2D eigenvalue weighted by molar-refractivity contribution is -0.114. The maximum atomic E-state index is 12.4. The first kappa shape index (κ1) is 19.0. The van der Waals surface area contributed by atoms with Crippen molar-refractivity contribution in [1.29, 1.82) is 0 Å². The Kier molecular flexibility index (Phi) is 5.64. The summed E-state index contributed by atoms with van der Waals surface area (Å²) in [4.78, 5) is 32.0. The summed E-state index contributed by atoms with van der Waals surface area (Å²) in [5.41, 5.74) is 4.51. The second-order valence-electron chi connectivity index (χ2n) is 6.38. The Morgan fingerprint density at radius 2 is 1.64 bits per heavy atom. The molecule has 2 aromatic carbocycles. The first-order valence-electron chi connectivity index (χ1n) is 8.76. The molecule has 3 aromatic rings. The lowest BCUT2D eigenvalue weighted by atomic mass is 10.1. The molecular weight excluding hydrogens is 354 g/mol. The molecule has 1 aromatic heterocycles. The minimum atomic E-state index is -0.319. The second-order valence-corrected chi connectivity index (χ2v) is 6.38. The number of anilines is 4. The van der Waals surface area contributed by atoms with E-state index < -0.39 is 0 Å². The van der Waals surface area contributed by atoms with Gasteiger partial charge in [-0.05, 0) is 49.2 Å². The highest BCUT2D eigenvalue weighted by Gasteiger charge is 2.11. The molecule has 7 heteroatoms. The van der Waals surface area contributed by atoms with Gasteiger partial charge in [-0.2, -0.15) is 0 Å². The van der Waals surface area contributed by atoms with Crippen molar-refractivity contribution in [2.75, 3.05) is 16.0 Å². The quantitative estimate of drug-likeness (QED) is 0.625. The van der Waals surface area contributed by atoms with Gasteiger partial charge in [-0.15, -0.1) is 0 Å². The molecule has 28 heavy (non-hydrogen) atoms. The number of carbonyl (C=O) groups is 2. The Bertz CT molecular complexity index is 1020. The standard InChI is InChI=1S/C21H21N5O2/c1-13-6-4-9-18(14(13)2)26-21(28)19-11-23-20(12-22-19)25-17-8-5-7-16(10-17)24-15(3)27/h4-12H,1-3H3,(H,23,25)(H,24,27)(H,26,28). The number of hydrogen-bond donors (Lipinski definition) is 3. The van der Waals surface area contributed by atoms with E-state index in [1.165, 1.54) is 19.3 Å². The SMILES string of the molecule is CC(=O)Nc1cccc(Nc2cnc(C(=O)Nc3cccc(C)c3C)cn2)c1. The summed E-state index contributed by atoms with van der Waals surface area (Å²) >= 11 is 0. The predicted octanol–water partition coefficient (Wildman–Crippen LogP) is 4.05. The fraction of sp³-hybridized carbons (Fsp3) is 0.143. The lowest BCUT2D eigenvalue weighted by Crippen LogP contribution is -2.15. The van der Waals surface area contributed by atoms with Crippen LogP contribution in [-0.4, -0.2) is 21.8 Å². The zero-order valence-corrected chi connectivity index (χ0v) is 15.9. The lowest BCUT2D eigenvalue weighted by Gasteiger charge is -2.10. The van der Waals surface area contributed by atoms with Crippen LogP contribution in [0.2, 0.25) is 0 Å². The highest BCUT2D eigenvalue weighted by atomic mass is 16.2. The van der Waals surface area contributed by atoms with E-state index in [2.05, 4.69) is 25.9 Å². The molecule has 0 atom stereocenters.